The van der Waals surface area contributed by atoms with E-state index in [1.807, 2.05) is 0 Å². The van der Waals surface area contributed by atoms with E-state index in [-0.39, 0.29) is 5.92 Å². The molecule has 1 aliphatic carbocycles. The highest BCUT2D eigenvalue weighted by atomic mass is 16.2. The summed E-state index contributed by atoms with van der Waals surface area (Å²) in [5.74, 6) is 1.13. The summed E-state index contributed by atoms with van der Waals surface area (Å²) in [5.41, 5.74) is 6.51. The number of amides is 1. The van der Waals surface area contributed by atoms with E-state index in [1.165, 1.54) is 6.42 Å². The number of rotatable bonds is 2. The summed E-state index contributed by atoms with van der Waals surface area (Å²) in [6.45, 7) is 8.73. The van der Waals surface area contributed by atoms with Gasteiger partial charge >= 0.3 is 0 Å². The molecule has 2 N–H and O–H groups in total. The summed E-state index contributed by atoms with van der Waals surface area (Å²) in [4.78, 5) is 14.7. The van der Waals surface area contributed by atoms with Crippen LogP contribution in [0.3, 0.4) is 0 Å². The molecule has 0 bridgehead atoms. The fourth-order valence-corrected chi connectivity index (χ4v) is 3.52. The predicted molar refractivity (Wildman–Crippen MR) is 78.7 cm³/mol. The van der Waals surface area contributed by atoms with E-state index in [0.29, 0.717) is 23.3 Å². The minimum atomic E-state index is 0.237. The van der Waals surface area contributed by atoms with Gasteiger partial charge in [-0.15, -0.1) is 0 Å². The normalized spacial score (nSPS) is 35.2. The number of piperidine rings is 1. The fourth-order valence-electron chi connectivity index (χ4n) is 3.52. The van der Waals surface area contributed by atoms with Gasteiger partial charge in [-0.05, 0) is 43.4 Å². The lowest BCUT2D eigenvalue weighted by Gasteiger charge is -2.41. The Morgan fingerprint density at radius 1 is 1.32 bits per heavy atom. The van der Waals surface area contributed by atoms with Gasteiger partial charge in [0.05, 0.1) is 0 Å². The van der Waals surface area contributed by atoms with Crippen LogP contribution in [-0.2, 0) is 4.79 Å². The Bertz CT molecular complexity index is 321. The van der Waals surface area contributed by atoms with Crippen molar-refractivity contribution in [3.63, 3.8) is 0 Å². The third kappa shape index (κ3) is 3.31. The molecule has 3 nitrogen and oxygen atoms in total. The lowest BCUT2D eigenvalue weighted by molar-refractivity contribution is -0.139. The van der Waals surface area contributed by atoms with Gasteiger partial charge in [-0.2, -0.15) is 0 Å². The van der Waals surface area contributed by atoms with Crippen LogP contribution in [0.4, 0.5) is 0 Å². The van der Waals surface area contributed by atoms with Gasteiger partial charge in [0.15, 0.2) is 0 Å². The average Bonchev–Trinajstić information content (AvgIpc) is 2.42. The topological polar surface area (TPSA) is 46.3 Å². The van der Waals surface area contributed by atoms with Crippen LogP contribution in [0.1, 0.15) is 59.3 Å². The zero-order chi connectivity index (χ0) is 14.0. The Labute approximate surface area is 117 Å². The summed E-state index contributed by atoms with van der Waals surface area (Å²) in [6, 6.07) is 0.300. The van der Waals surface area contributed by atoms with E-state index in [4.69, 9.17) is 5.73 Å². The highest BCUT2D eigenvalue weighted by Crippen LogP contribution is 2.36. The van der Waals surface area contributed by atoms with E-state index in [0.717, 1.165) is 45.2 Å². The van der Waals surface area contributed by atoms with E-state index >= 15 is 0 Å². The molecule has 0 spiro atoms. The van der Waals surface area contributed by atoms with Crippen LogP contribution in [-0.4, -0.2) is 29.9 Å². The standard InChI is InChI=1S/C16H30N2O/c1-4-16(3)7-9-18(10-8-16)15(19)13-5-6-14(17)12(2)11-13/h12-14H,4-11,17H2,1-3H3. The van der Waals surface area contributed by atoms with Gasteiger partial charge in [-0.3, -0.25) is 4.79 Å². The maximum absolute atomic E-state index is 12.6. The van der Waals surface area contributed by atoms with Gasteiger partial charge in [0.25, 0.3) is 0 Å². The van der Waals surface area contributed by atoms with Gasteiger partial charge in [0, 0.05) is 25.0 Å². The van der Waals surface area contributed by atoms with E-state index in [1.54, 1.807) is 0 Å². The first kappa shape index (κ1) is 14.8. The van der Waals surface area contributed by atoms with Crippen molar-refractivity contribution in [2.24, 2.45) is 23.0 Å². The number of hydrogen-bond donors (Lipinski definition) is 1. The third-order valence-corrected chi connectivity index (χ3v) is 5.72. The van der Waals surface area contributed by atoms with Gasteiger partial charge in [-0.25, -0.2) is 0 Å². The molecule has 110 valence electrons. The molecule has 3 atom stereocenters. The molecule has 1 heterocycles. The molecular weight excluding hydrogens is 236 g/mol. The van der Waals surface area contributed by atoms with Crippen molar-refractivity contribution < 1.29 is 4.79 Å². The molecule has 2 fully saturated rings. The molecule has 0 aromatic rings. The van der Waals surface area contributed by atoms with Crippen LogP contribution in [0.25, 0.3) is 0 Å². The molecular formula is C16H30N2O. The van der Waals surface area contributed by atoms with Crippen molar-refractivity contribution in [2.45, 2.75) is 65.3 Å². The Morgan fingerprint density at radius 3 is 2.47 bits per heavy atom. The monoisotopic (exact) mass is 266 g/mol. The quantitative estimate of drug-likeness (QED) is 0.835. The smallest absolute Gasteiger partial charge is 0.225 e. The maximum Gasteiger partial charge on any atom is 0.225 e. The Balaban J connectivity index is 1.88. The summed E-state index contributed by atoms with van der Waals surface area (Å²) < 4.78 is 0. The summed E-state index contributed by atoms with van der Waals surface area (Å²) in [7, 11) is 0. The minimum absolute atomic E-state index is 0.237. The highest BCUT2D eigenvalue weighted by molar-refractivity contribution is 5.79. The molecule has 0 radical (unpaired) electrons. The Hall–Kier alpha value is -0.570. The van der Waals surface area contributed by atoms with Crippen molar-refractivity contribution in [2.75, 3.05) is 13.1 Å². The average molecular weight is 266 g/mol. The van der Waals surface area contributed by atoms with Crippen molar-refractivity contribution in [3.05, 3.63) is 0 Å². The Morgan fingerprint density at radius 2 is 1.95 bits per heavy atom. The SMILES string of the molecule is CCC1(C)CCN(C(=O)C2CCC(N)C(C)C2)CC1. The third-order valence-electron chi connectivity index (χ3n) is 5.72. The number of nitrogens with two attached hydrogens (primary N) is 1. The zero-order valence-electron chi connectivity index (χ0n) is 12.8. The zero-order valence-corrected chi connectivity index (χ0v) is 12.8. The molecule has 2 aliphatic rings. The minimum Gasteiger partial charge on any atom is -0.342 e. The van der Waals surface area contributed by atoms with E-state index in [2.05, 4.69) is 25.7 Å². The molecule has 2 rings (SSSR count). The molecule has 1 saturated carbocycles. The fraction of sp³-hybridized carbons (Fsp3) is 0.938. The van der Waals surface area contributed by atoms with E-state index < -0.39 is 0 Å². The van der Waals surface area contributed by atoms with Crippen molar-refractivity contribution in [3.8, 4) is 0 Å². The van der Waals surface area contributed by atoms with Gasteiger partial charge in [0.2, 0.25) is 5.91 Å². The van der Waals surface area contributed by atoms with Gasteiger partial charge < -0.3 is 10.6 Å². The second-order valence-electron chi connectivity index (χ2n) is 7.14. The van der Waals surface area contributed by atoms with Crippen molar-refractivity contribution >= 4 is 5.91 Å². The van der Waals surface area contributed by atoms with E-state index in [9.17, 15) is 4.79 Å². The maximum atomic E-state index is 12.6. The second-order valence-corrected chi connectivity index (χ2v) is 7.14. The van der Waals surface area contributed by atoms with Crippen LogP contribution in [0.5, 0.6) is 0 Å². The van der Waals surface area contributed by atoms with Crippen LogP contribution < -0.4 is 5.73 Å². The molecule has 19 heavy (non-hydrogen) atoms. The molecule has 3 heteroatoms. The first-order valence-electron chi connectivity index (χ1n) is 7.99. The lowest BCUT2D eigenvalue weighted by Crippen LogP contribution is -2.47. The number of carbonyl (C=O) groups is 1. The van der Waals surface area contributed by atoms with Gasteiger partial charge in [0.1, 0.15) is 0 Å². The largest absolute Gasteiger partial charge is 0.342 e. The summed E-state index contributed by atoms with van der Waals surface area (Å²) >= 11 is 0. The van der Waals surface area contributed by atoms with Crippen LogP contribution in [0.15, 0.2) is 0 Å². The van der Waals surface area contributed by atoms with Crippen LogP contribution in [0.2, 0.25) is 0 Å². The van der Waals surface area contributed by atoms with Crippen LogP contribution >= 0.6 is 0 Å². The van der Waals surface area contributed by atoms with Crippen molar-refractivity contribution in [1.82, 2.24) is 4.90 Å². The molecule has 1 aliphatic heterocycles. The number of hydrogen-bond acceptors (Lipinski definition) is 2. The van der Waals surface area contributed by atoms with Crippen molar-refractivity contribution in [1.29, 1.82) is 0 Å². The summed E-state index contributed by atoms with van der Waals surface area (Å²) in [5, 5.41) is 0. The Kier molecular flexibility index (Phi) is 4.54. The molecule has 1 amide bonds. The van der Waals surface area contributed by atoms with Crippen LogP contribution in [0, 0.1) is 17.3 Å². The highest BCUT2D eigenvalue weighted by Gasteiger charge is 2.35. The number of carbonyl (C=O) groups excluding carboxylic acids is 1. The predicted octanol–water partition coefficient (Wildman–Crippen LogP) is 2.79. The summed E-state index contributed by atoms with van der Waals surface area (Å²) in [6.07, 6.45) is 6.55. The second kappa shape index (κ2) is 5.82. The lowest BCUT2D eigenvalue weighted by atomic mass is 9.76. The number of likely N-dealkylation sites (tertiary alicyclic amines) is 1. The molecule has 3 unspecified atom stereocenters. The molecule has 0 aromatic carbocycles. The molecule has 0 aromatic heterocycles. The first-order valence-corrected chi connectivity index (χ1v) is 7.99. The van der Waals surface area contributed by atoms with Gasteiger partial charge in [-0.1, -0.05) is 27.2 Å². The first-order chi connectivity index (χ1) is 8.95. The number of nitrogens with zero attached hydrogens (tertiary/aromatic N) is 1. The molecule has 1 saturated heterocycles.